The van der Waals surface area contributed by atoms with Crippen LogP contribution in [0.1, 0.15) is 15.9 Å². The van der Waals surface area contributed by atoms with Crippen molar-refractivity contribution in [1.82, 2.24) is 20.2 Å². The first-order valence-corrected chi connectivity index (χ1v) is 8.05. The maximum atomic E-state index is 12.2. The zero-order chi connectivity index (χ0) is 17.4. The summed E-state index contributed by atoms with van der Waals surface area (Å²) in [6.07, 6.45) is 6.18. The lowest BCUT2D eigenvalue weighted by Gasteiger charge is -2.18. The lowest BCUT2D eigenvalue weighted by Crippen LogP contribution is -2.31. The van der Waals surface area contributed by atoms with Gasteiger partial charge in [0.15, 0.2) is 0 Å². The van der Waals surface area contributed by atoms with Gasteiger partial charge in [-0.15, -0.1) is 0 Å². The Morgan fingerprint density at radius 1 is 1.08 bits per heavy atom. The van der Waals surface area contributed by atoms with Crippen LogP contribution in [0.2, 0.25) is 0 Å². The third-order valence-corrected chi connectivity index (χ3v) is 3.73. The van der Waals surface area contributed by atoms with Crippen LogP contribution in [0, 0.1) is 0 Å². The van der Waals surface area contributed by atoms with E-state index in [-0.39, 0.29) is 5.91 Å². The fraction of sp³-hybridized carbons (Fsp3) is 0.389. The van der Waals surface area contributed by atoms with Crippen molar-refractivity contribution >= 4 is 11.7 Å². The van der Waals surface area contributed by atoms with Crippen LogP contribution >= 0.6 is 0 Å². The molecule has 2 heterocycles. The predicted octanol–water partition coefficient (Wildman–Crippen LogP) is 1.45. The van der Waals surface area contributed by atoms with Crippen molar-refractivity contribution in [2.24, 2.45) is 0 Å². The number of carbonyl (C=O) groups excluding carboxylic acids is 1. The molecule has 6 nitrogen and oxygen atoms in total. The van der Waals surface area contributed by atoms with E-state index in [1.807, 2.05) is 44.2 Å². The number of amides is 1. The second-order valence-corrected chi connectivity index (χ2v) is 5.99. The van der Waals surface area contributed by atoms with E-state index in [4.69, 9.17) is 0 Å². The lowest BCUT2D eigenvalue weighted by molar-refractivity contribution is 0.0951. The quantitative estimate of drug-likeness (QED) is 0.795. The van der Waals surface area contributed by atoms with E-state index >= 15 is 0 Å². The van der Waals surface area contributed by atoms with Gasteiger partial charge in [0.25, 0.3) is 5.91 Å². The van der Waals surface area contributed by atoms with Gasteiger partial charge in [0.2, 0.25) is 0 Å². The summed E-state index contributed by atoms with van der Waals surface area (Å²) in [6, 6.07) is 7.59. The van der Waals surface area contributed by atoms with Gasteiger partial charge in [-0.1, -0.05) is 0 Å². The van der Waals surface area contributed by atoms with Crippen molar-refractivity contribution in [3.63, 3.8) is 0 Å². The summed E-state index contributed by atoms with van der Waals surface area (Å²) in [4.78, 5) is 24.7. The Bertz CT molecular complexity index is 645. The molecular formula is C18H25N5O. The van der Waals surface area contributed by atoms with Crippen molar-refractivity contribution in [3.8, 4) is 0 Å². The summed E-state index contributed by atoms with van der Waals surface area (Å²) in [5, 5.41) is 2.92. The van der Waals surface area contributed by atoms with Gasteiger partial charge in [-0.25, -0.2) is 4.98 Å². The van der Waals surface area contributed by atoms with Crippen molar-refractivity contribution in [2.45, 2.75) is 6.42 Å². The zero-order valence-corrected chi connectivity index (χ0v) is 14.6. The Hall–Kier alpha value is -2.47. The lowest BCUT2D eigenvalue weighted by atomic mass is 10.2. The van der Waals surface area contributed by atoms with Crippen molar-refractivity contribution in [3.05, 3.63) is 54.0 Å². The number of rotatable bonds is 8. The zero-order valence-electron chi connectivity index (χ0n) is 14.6. The van der Waals surface area contributed by atoms with E-state index in [9.17, 15) is 4.79 Å². The number of hydrogen-bond acceptors (Lipinski definition) is 5. The van der Waals surface area contributed by atoms with Crippen LogP contribution in [0.3, 0.4) is 0 Å². The number of nitrogens with zero attached hydrogens (tertiary/aromatic N) is 4. The van der Waals surface area contributed by atoms with Gasteiger partial charge in [0.1, 0.15) is 5.82 Å². The van der Waals surface area contributed by atoms with E-state index in [1.165, 1.54) is 5.56 Å². The summed E-state index contributed by atoms with van der Waals surface area (Å²) in [6.45, 7) is 2.26. The smallest absolute Gasteiger partial charge is 0.251 e. The number of nitrogens with one attached hydrogen (secondary N) is 1. The van der Waals surface area contributed by atoms with Gasteiger partial charge >= 0.3 is 0 Å². The predicted molar refractivity (Wildman–Crippen MR) is 96.3 cm³/mol. The summed E-state index contributed by atoms with van der Waals surface area (Å²) in [5.74, 6) is 0.729. The average molecular weight is 327 g/mol. The highest BCUT2D eigenvalue weighted by Crippen LogP contribution is 2.12. The first-order chi connectivity index (χ1) is 11.6. The summed E-state index contributed by atoms with van der Waals surface area (Å²) < 4.78 is 0. The third-order valence-electron chi connectivity index (χ3n) is 3.73. The Labute approximate surface area is 143 Å². The molecule has 0 saturated heterocycles. The van der Waals surface area contributed by atoms with Gasteiger partial charge in [-0.2, -0.15) is 0 Å². The van der Waals surface area contributed by atoms with Crippen LogP contribution in [0.4, 0.5) is 5.82 Å². The fourth-order valence-electron chi connectivity index (χ4n) is 2.22. The van der Waals surface area contributed by atoms with E-state index in [0.29, 0.717) is 12.1 Å². The summed E-state index contributed by atoms with van der Waals surface area (Å²) >= 11 is 0. The van der Waals surface area contributed by atoms with Crippen molar-refractivity contribution < 1.29 is 4.79 Å². The normalized spacial score (nSPS) is 10.7. The summed E-state index contributed by atoms with van der Waals surface area (Å²) in [5.41, 5.74) is 1.86. The highest BCUT2D eigenvalue weighted by molar-refractivity contribution is 5.94. The monoisotopic (exact) mass is 327 g/mol. The molecule has 128 valence electrons. The molecule has 0 aliphatic heterocycles. The second kappa shape index (κ2) is 8.98. The molecule has 0 unspecified atom stereocenters. The minimum atomic E-state index is -0.0666. The Kier molecular flexibility index (Phi) is 6.69. The number of aromatic nitrogens is 2. The molecule has 6 heteroatoms. The minimum absolute atomic E-state index is 0.0666. The summed E-state index contributed by atoms with van der Waals surface area (Å²) in [7, 11) is 5.94. The van der Waals surface area contributed by atoms with E-state index in [1.54, 1.807) is 24.7 Å². The Morgan fingerprint density at radius 2 is 1.83 bits per heavy atom. The highest BCUT2D eigenvalue weighted by atomic mass is 16.1. The molecule has 0 aromatic carbocycles. The first kappa shape index (κ1) is 17.9. The van der Waals surface area contributed by atoms with E-state index in [2.05, 4.69) is 20.2 Å². The molecular weight excluding hydrogens is 302 g/mol. The molecule has 2 aromatic heterocycles. The molecule has 2 rings (SSSR count). The van der Waals surface area contributed by atoms with Gasteiger partial charge in [0, 0.05) is 50.8 Å². The Balaban J connectivity index is 1.92. The van der Waals surface area contributed by atoms with Gasteiger partial charge in [-0.05, 0) is 50.3 Å². The molecule has 0 bridgehead atoms. The van der Waals surface area contributed by atoms with Crippen LogP contribution in [-0.4, -0.2) is 61.6 Å². The average Bonchev–Trinajstić information content (AvgIpc) is 2.60. The Morgan fingerprint density at radius 3 is 2.54 bits per heavy atom. The minimum Gasteiger partial charge on any atom is -0.359 e. The molecule has 1 amide bonds. The van der Waals surface area contributed by atoms with Crippen LogP contribution < -0.4 is 10.2 Å². The molecule has 0 saturated carbocycles. The number of hydrogen-bond donors (Lipinski definition) is 1. The third kappa shape index (κ3) is 5.62. The fourth-order valence-corrected chi connectivity index (χ4v) is 2.22. The maximum absolute atomic E-state index is 12.2. The SMILES string of the molecule is CN(C)CCNC(=O)c1ccnc(N(C)CCc2ccncc2)c1. The molecule has 0 radical (unpaired) electrons. The standard InChI is InChI=1S/C18H25N5O/c1-22(2)13-11-21-18(24)16-6-10-20-17(14-16)23(3)12-7-15-4-8-19-9-5-15/h4-6,8-10,14H,7,11-13H2,1-3H3,(H,21,24). The number of likely N-dealkylation sites (N-methyl/N-ethyl adjacent to an activating group) is 2. The van der Waals surface area contributed by atoms with Crippen molar-refractivity contribution in [2.75, 3.05) is 45.7 Å². The largest absolute Gasteiger partial charge is 0.359 e. The van der Waals surface area contributed by atoms with Crippen LogP contribution in [0.5, 0.6) is 0 Å². The molecule has 0 aliphatic rings. The van der Waals surface area contributed by atoms with Crippen molar-refractivity contribution in [1.29, 1.82) is 0 Å². The van der Waals surface area contributed by atoms with Gasteiger partial charge < -0.3 is 15.1 Å². The molecule has 0 spiro atoms. The highest BCUT2D eigenvalue weighted by Gasteiger charge is 2.09. The number of pyridine rings is 2. The van der Waals surface area contributed by atoms with Crippen LogP contribution in [0.25, 0.3) is 0 Å². The molecule has 0 atom stereocenters. The van der Waals surface area contributed by atoms with Gasteiger partial charge in [-0.3, -0.25) is 9.78 Å². The van der Waals surface area contributed by atoms with E-state index < -0.39 is 0 Å². The second-order valence-electron chi connectivity index (χ2n) is 5.99. The van der Waals surface area contributed by atoms with E-state index in [0.717, 1.165) is 25.3 Å². The first-order valence-electron chi connectivity index (χ1n) is 8.05. The number of carbonyl (C=O) groups is 1. The molecule has 2 aromatic rings. The molecule has 0 fully saturated rings. The van der Waals surface area contributed by atoms with Gasteiger partial charge in [0.05, 0.1) is 0 Å². The van der Waals surface area contributed by atoms with Crippen LogP contribution in [-0.2, 0) is 6.42 Å². The molecule has 0 aliphatic carbocycles. The topological polar surface area (TPSA) is 61.4 Å². The molecule has 1 N–H and O–H groups in total. The maximum Gasteiger partial charge on any atom is 0.251 e. The molecule has 24 heavy (non-hydrogen) atoms. The number of anilines is 1. The van der Waals surface area contributed by atoms with Crippen LogP contribution in [0.15, 0.2) is 42.9 Å².